The first kappa shape index (κ1) is 24.5. The Balaban J connectivity index is 1.93. The summed E-state index contributed by atoms with van der Waals surface area (Å²) in [7, 11) is 0. The number of hydrazine groups is 1. The molecule has 1 aliphatic carbocycles. The van der Waals surface area contributed by atoms with Crippen molar-refractivity contribution < 1.29 is 14.3 Å². The highest BCUT2D eigenvalue weighted by molar-refractivity contribution is 8.00. The van der Waals surface area contributed by atoms with Crippen molar-refractivity contribution in [3.8, 4) is 0 Å². The largest absolute Gasteiger partial charge is 0.461 e. The van der Waals surface area contributed by atoms with Gasteiger partial charge in [-0.3, -0.25) is 20.4 Å². The zero-order chi connectivity index (χ0) is 22.1. The van der Waals surface area contributed by atoms with Crippen LogP contribution >= 0.6 is 24.0 Å². The molecule has 0 spiro atoms. The number of esters is 1. The molecule has 1 aromatic carbocycles. The molecule has 3 atom stereocenters. The van der Waals surface area contributed by atoms with Gasteiger partial charge in [0.05, 0.1) is 11.3 Å². The molecule has 0 aromatic heterocycles. The number of rotatable bonds is 7. The Kier molecular flexibility index (Phi) is 9.91. The molecule has 1 aromatic rings. The van der Waals surface area contributed by atoms with Crippen LogP contribution in [0.3, 0.4) is 0 Å². The van der Waals surface area contributed by atoms with Gasteiger partial charge in [0, 0.05) is 11.4 Å². The highest BCUT2D eigenvalue weighted by Crippen LogP contribution is 2.35. The zero-order valence-electron chi connectivity index (χ0n) is 18.2. The van der Waals surface area contributed by atoms with E-state index < -0.39 is 0 Å². The highest BCUT2D eigenvalue weighted by atomic mass is 32.2. The van der Waals surface area contributed by atoms with Gasteiger partial charge in [-0.05, 0) is 61.9 Å². The minimum Gasteiger partial charge on any atom is -0.461 e. The lowest BCUT2D eigenvalue weighted by Gasteiger charge is -2.36. The molecule has 3 unspecified atom stereocenters. The fourth-order valence-corrected chi connectivity index (χ4v) is 4.78. The molecular weight excluding hydrogens is 418 g/mol. The molecule has 2 rings (SSSR count). The molecule has 0 aliphatic heterocycles. The summed E-state index contributed by atoms with van der Waals surface area (Å²) in [5, 5.41) is 3.25. The fourth-order valence-electron chi connectivity index (χ4n) is 3.76. The third-order valence-electron chi connectivity index (χ3n) is 5.35. The van der Waals surface area contributed by atoms with Crippen LogP contribution in [0.2, 0.25) is 0 Å². The van der Waals surface area contributed by atoms with Crippen LogP contribution in [0.4, 0.5) is 0 Å². The van der Waals surface area contributed by atoms with Gasteiger partial charge in [0.25, 0.3) is 5.91 Å². The third kappa shape index (κ3) is 7.47. The van der Waals surface area contributed by atoms with Crippen molar-refractivity contribution in [1.82, 2.24) is 16.2 Å². The molecule has 0 heterocycles. The molecule has 8 heteroatoms. The van der Waals surface area contributed by atoms with Crippen molar-refractivity contribution in [3.05, 3.63) is 29.8 Å². The second-order valence-corrected chi connectivity index (χ2v) is 9.50. The van der Waals surface area contributed by atoms with E-state index in [2.05, 4.69) is 36.9 Å². The monoisotopic (exact) mass is 451 g/mol. The van der Waals surface area contributed by atoms with E-state index >= 15 is 0 Å². The van der Waals surface area contributed by atoms with Crippen molar-refractivity contribution >= 4 is 41.0 Å². The van der Waals surface area contributed by atoms with Gasteiger partial charge in [-0.15, -0.1) is 11.8 Å². The predicted molar refractivity (Wildman–Crippen MR) is 125 cm³/mol. The molecule has 6 nitrogen and oxygen atoms in total. The van der Waals surface area contributed by atoms with Crippen molar-refractivity contribution in [3.63, 3.8) is 0 Å². The molecule has 0 bridgehead atoms. The van der Waals surface area contributed by atoms with Crippen molar-refractivity contribution in [2.24, 2.45) is 17.8 Å². The van der Waals surface area contributed by atoms with Gasteiger partial charge in [-0.1, -0.05) is 39.3 Å². The summed E-state index contributed by atoms with van der Waals surface area (Å²) in [5.74, 6) is 1.12. The number of carbonyl (C=O) groups excluding carboxylic acids is 2. The summed E-state index contributed by atoms with van der Waals surface area (Å²) in [6, 6.07) is 7.18. The van der Waals surface area contributed by atoms with Crippen LogP contribution in [0.15, 0.2) is 29.2 Å². The van der Waals surface area contributed by atoms with Crippen molar-refractivity contribution in [2.75, 3.05) is 12.3 Å². The molecule has 166 valence electrons. The lowest BCUT2D eigenvalue weighted by Crippen LogP contribution is -2.46. The SMILES string of the molecule is CCNC(=S)NNC(=O)c1ccccc1SCC(=O)OC1CC(C)CCC1C(C)C. The smallest absolute Gasteiger partial charge is 0.316 e. The van der Waals surface area contributed by atoms with Gasteiger partial charge >= 0.3 is 5.97 Å². The number of carbonyl (C=O) groups is 2. The number of nitrogens with one attached hydrogen (secondary N) is 3. The number of ether oxygens (including phenoxy) is 1. The van der Waals surface area contributed by atoms with E-state index in [9.17, 15) is 9.59 Å². The topological polar surface area (TPSA) is 79.5 Å². The minimum absolute atomic E-state index is 0.0170. The Bertz CT molecular complexity index is 742. The summed E-state index contributed by atoms with van der Waals surface area (Å²) in [4.78, 5) is 25.8. The predicted octanol–water partition coefficient (Wildman–Crippen LogP) is 3.91. The van der Waals surface area contributed by atoms with E-state index in [1.54, 1.807) is 12.1 Å². The van der Waals surface area contributed by atoms with E-state index in [4.69, 9.17) is 17.0 Å². The number of benzene rings is 1. The van der Waals surface area contributed by atoms with Crippen LogP contribution in [-0.4, -0.2) is 35.4 Å². The summed E-state index contributed by atoms with van der Waals surface area (Å²) in [5.41, 5.74) is 5.73. The van der Waals surface area contributed by atoms with Gasteiger partial charge in [0.15, 0.2) is 5.11 Å². The van der Waals surface area contributed by atoms with Crippen LogP contribution in [0.5, 0.6) is 0 Å². The van der Waals surface area contributed by atoms with Crippen molar-refractivity contribution in [2.45, 2.75) is 58.0 Å². The Labute approximate surface area is 189 Å². The quantitative estimate of drug-likeness (QED) is 0.251. The second kappa shape index (κ2) is 12.2. The van der Waals surface area contributed by atoms with Crippen LogP contribution in [0.25, 0.3) is 0 Å². The van der Waals surface area contributed by atoms with Crippen LogP contribution < -0.4 is 16.2 Å². The zero-order valence-corrected chi connectivity index (χ0v) is 19.8. The molecule has 0 saturated heterocycles. The van der Waals surface area contributed by atoms with E-state index in [-0.39, 0.29) is 23.7 Å². The summed E-state index contributed by atoms with van der Waals surface area (Å²) in [6.07, 6.45) is 3.21. The Morgan fingerprint density at radius 1 is 1.23 bits per heavy atom. The fraction of sp³-hybridized carbons (Fsp3) is 0.591. The van der Waals surface area contributed by atoms with E-state index in [0.717, 1.165) is 17.7 Å². The first-order valence-electron chi connectivity index (χ1n) is 10.6. The van der Waals surface area contributed by atoms with Crippen LogP contribution in [-0.2, 0) is 9.53 Å². The molecular formula is C22H33N3O3S2. The lowest BCUT2D eigenvalue weighted by molar-refractivity contribution is -0.152. The molecule has 0 radical (unpaired) electrons. The van der Waals surface area contributed by atoms with Crippen molar-refractivity contribution in [1.29, 1.82) is 0 Å². The first-order chi connectivity index (χ1) is 14.3. The number of hydrogen-bond donors (Lipinski definition) is 3. The number of thioether (sulfide) groups is 1. The summed E-state index contributed by atoms with van der Waals surface area (Å²) in [6.45, 7) is 9.18. The van der Waals surface area contributed by atoms with Gasteiger partial charge in [-0.2, -0.15) is 0 Å². The number of thiocarbonyl (C=S) groups is 1. The Morgan fingerprint density at radius 2 is 1.97 bits per heavy atom. The number of hydrogen-bond acceptors (Lipinski definition) is 5. The Hall–Kier alpha value is -1.80. The van der Waals surface area contributed by atoms with Gasteiger partial charge < -0.3 is 10.1 Å². The van der Waals surface area contributed by atoms with Gasteiger partial charge in [-0.25, -0.2) is 0 Å². The number of amides is 1. The summed E-state index contributed by atoms with van der Waals surface area (Å²) >= 11 is 6.37. The van der Waals surface area contributed by atoms with E-state index in [1.807, 2.05) is 19.1 Å². The molecule has 3 N–H and O–H groups in total. The van der Waals surface area contributed by atoms with E-state index in [0.29, 0.717) is 35.0 Å². The second-order valence-electron chi connectivity index (χ2n) is 8.08. The normalized spacial score (nSPS) is 21.0. The van der Waals surface area contributed by atoms with E-state index in [1.165, 1.54) is 18.2 Å². The molecule has 1 fully saturated rings. The Morgan fingerprint density at radius 3 is 2.67 bits per heavy atom. The lowest BCUT2D eigenvalue weighted by atomic mass is 9.75. The maximum atomic E-state index is 12.5. The summed E-state index contributed by atoms with van der Waals surface area (Å²) < 4.78 is 5.87. The maximum absolute atomic E-state index is 12.5. The molecule has 30 heavy (non-hydrogen) atoms. The van der Waals surface area contributed by atoms with Gasteiger partial charge in [0.2, 0.25) is 0 Å². The molecule has 1 saturated carbocycles. The average Bonchev–Trinajstić information content (AvgIpc) is 2.70. The highest BCUT2D eigenvalue weighted by Gasteiger charge is 2.33. The molecule has 1 aliphatic rings. The minimum atomic E-state index is -0.312. The van der Waals surface area contributed by atoms with Gasteiger partial charge in [0.1, 0.15) is 6.10 Å². The standard InChI is InChI=1S/C22H33N3O3S2/c1-5-23-22(29)25-24-21(27)17-8-6-7-9-19(17)30-13-20(26)28-18-12-15(4)10-11-16(18)14(2)3/h6-9,14-16,18H,5,10-13H2,1-4H3,(H,24,27)(H2,23,25,29). The average molecular weight is 452 g/mol. The maximum Gasteiger partial charge on any atom is 0.316 e. The van der Waals surface area contributed by atoms with Crippen LogP contribution in [0, 0.1) is 17.8 Å². The van der Waals surface area contributed by atoms with Crippen LogP contribution in [0.1, 0.15) is 57.3 Å². The molecule has 1 amide bonds. The third-order valence-corrected chi connectivity index (χ3v) is 6.64. The first-order valence-corrected chi connectivity index (χ1v) is 12.0.